The number of aliphatic carboxylic acids is 1. The van der Waals surface area contributed by atoms with Crippen LogP contribution in [-0.2, 0) is 4.79 Å². The van der Waals surface area contributed by atoms with Gasteiger partial charge >= 0.3 is 12.0 Å². The standard InChI is InChI=1S/C13H22N2O3S2/c1-19-7-3-2-6-14-13(18)15-10(12(16)17)8-20-11(15)9-4-5-9/h9-11H,2-8H2,1H3,(H,14,18)(H,16,17). The Kier molecular flexibility index (Phi) is 5.89. The third kappa shape index (κ3) is 3.97. The van der Waals surface area contributed by atoms with Gasteiger partial charge in [-0.25, -0.2) is 9.59 Å². The second kappa shape index (κ2) is 7.45. The Labute approximate surface area is 128 Å². The molecule has 2 unspecified atom stereocenters. The van der Waals surface area contributed by atoms with Crippen LogP contribution in [0.3, 0.4) is 0 Å². The fraction of sp³-hybridized carbons (Fsp3) is 0.846. The lowest BCUT2D eigenvalue weighted by molar-refractivity contribution is -0.141. The minimum Gasteiger partial charge on any atom is -0.480 e. The van der Waals surface area contributed by atoms with E-state index in [0.717, 1.165) is 31.4 Å². The maximum Gasteiger partial charge on any atom is 0.327 e. The number of rotatable bonds is 7. The maximum absolute atomic E-state index is 12.3. The van der Waals surface area contributed by atoms with Gasteiger partial charge in [-0.15, -0.1) is 11.8 Å². The normalized spacial score (nSPS) is 25.8. The molecule has 2 N–H and O–H groups in total. The zero-order valence-corrected chi connectivity index (χ0v) is 13.3. The van der Waals surface area contributed by atoms with Gasteiger partial charge in [0.15, 0.2) is 0 Å². The Morgan fingerprint density at radius 1 is 1.40 bits per heavy atom. The van der Waals surface area contributed by atoms with Crippen LogP contribution < -0.4 is 5.32 Å². The van der Waals surface area contributed by atoms with Crippen molar-refractivity contribution in [1.82, 2.24) is 10.2 Å². The van der Waals surface area contributed by atoms with Crippen LogP contribution in [-0.4, -0.2) is 57.7 Å². The van der Waals surface area contributed by atoms with Gasteiger partial charge in [0, 0.05) is 12.3 Å². The Morgan fingerprint density at radius 2 is 2.15 bits per heavy atom. The number of carboxylic acids is 1. The van der Waals surface area contributed by atoms with Gasteiger partial charge in [0.2, 0.25) is 0 Å². The van der Waals surface area contributed by atoms with Crippen LogP contribution in [0.25, 0.3) is 0 Å². The second-order valence-electron chi connectivity index (χ2n) is 5.25. The van der Waals surface area contributed by atoms with E-state index in [1.807, 2.05) is 0 Å². The average molecular weight is 318 g/mol. The first-order valence-electron chi connectivity index (χ1n) is 7.04. The maximum atomic E-state index is 12.3. The van der Waals surface area contributed by atoms with Crippen LogP contribution in [0, 0.1) is 5.92 Å². The highest BCUT2D eigenvalue weighted by molar-refractivity contribution is 8.00. The van der Waals surface area contributed by atoms with E-state index in [0.29, 0.717) is 18.2 Å². The van der Waals surface area contributed by atoms with E-state index >= 15 is 0 Å². The summed E-state index contributed by atoms with van der Waals surface area (Å²) in [4.78, 5) is 25.1. The quantitative estimate of drug-likeness (QED) is 0.703. The minimum atomic E-state index is -0.891. The number of carbonyl (C=O) groups is 2. The van der Waals surface area contributed by atoms with Crippen molar-refractivity contribution in [3.8, 4) is 0 Å². The molecule has 1 aliphatic carbocycles. The van der Waals surface area contributed by atoms with Crippen molar-refractivity contribution < 1.29 is 14.7 Å². The summed E-state index contributed by atoms with van der Waals surface area (Å²) in [5.41, 5.74) is 0. The van der Waals surface area contributed by atoms with Crippen molar-refractivity contribution in [2.24, 2.45) is 5.92 Å². The van der Waals surface area contributed by atoms with E-state index in [1.54, 1.807) is 28.4 Å². The Bertz CT molecular complexity index is 364. The zero-order chi connectivity index (χ0) is 14.5. The number of unbranched alkanes of at least 4 members (excludes halogenated alkanes) is 1. The van der Waals surface area contributed by atoms with Crippen LogP contribution in [0.1, 0.15) is 25.7 Å². The van der Waals surface area contributed by atoms with Crippen LogP contribution >= 0.6 is 23.5 Å². The molecule has 0 bridgehead atoms. The Hall–Kier alpha value is -0.560. The van der Waals surface area contributed by atoms with Crippen molar-refractivity contribution in [1.29, 1.82) is 0 Å². The van der Waals surface area contributed by atoms with Crippen LogP contribution in [0.2, 0.25) is 0 Å². The Balaban J connectivity index is 1.85. The first-order chi connectivity index (χ1) is 9.65. The summed E-state index contributed by atoms with van der Waals surface area (Å²) in [6, 6.07) is -0.875. The minimum absolute atomic E-state index is 0.0577. The van der Waals surface area contributed by atoms with Crippen molar-refractivity contribution in [3.05, 3.63) is 0 Å². The van der Waals surface area contributed by atoms with Gasteiger partial charge in [0.1, 0.15) is 6.04 Å². The number of thioether (sulfide) groups is 2. The van der Waals surface area contributed by atoms with Crippen molar-refractivity contribution in [2.45, 2.75) is 37.1 Å². The molecule has 2 fully saturated rings. The summed E-state index contributed by atoms with van der Waals surface area (Å²) in [5.74, 6) is 1.21. The fourth-order valence-electron chi connectivity index (χ4n) is 2.38. The molecule has 0 aromatic rings. The number of hydrogen-bond donors (Lipinski definition) is 2. The zero-order valence-electron chi connectivity index (χ0n) is 11.7. The number of hydrogen-bond acceptors (Lipinski definition) is 4. The smallest absolute Gasteiger partial charge is 0.327 e. The molecule has 114 valence electrons. The summed E-state index contributed by atoms with van der Waals surface area (Å²) in [6.07, 6.45) is 6.31. The van der Waals surface area contributed by atoms with E-state index in [4.69, 9.17) is 0 Å². The molecule has 5 nitrogen and oxygen atoms in total. The molecule has 1 saturated carbocycles. The molecule has 20 heavy (non-hydrogen) atoms. The highest BCUT2D eigenvalue weighted by Gasteiger charge is 2.47. The number of carboxylic acid groups (broad SMARTS) is 1. The first-order valence-corrected chi connectivity index (χ1v) is 9.49. The van der Waals surface area contributed by atoms with Gasteiger partial charge in [-0.3, -0.25) is 4.90 Å². The average Bonchev–Trinajstić information content (AvgIpc) is 3.16. The summed E-state index contributed by atoms with van der Waals surface area (Å²) < 4.78 is 0. The van der Waals surface area contributed by atoms with E-state index in [9.17, 15) is 14.7 Å². The van der Waals surface area contributed by atoms with Gasteiger partial charge in [0.25, 0.3) is 0 Å². The lowest BCUT2D eigenvalue weighted by Crippen LogP contribution is -2.50. The van der Waals surface area contributed by atoms with Gasteiger partial charge in [-0.2, -0.15) is 11.8 Å². The number of carbonyl (C=O) groups excluding carboxylic acids is 1. The summed E-state index contributed by atoms with van der Waals surface area (Å²) in [7, 11) is 0. The predicted octanol–water partition coefficient (Wildman–Crippen LogP) is 2.08. The largest absolute Gasteiger partial charge is 0.480 e. The molecular formula is C13H22N2O3S2. The third-order valence-corrected chi connectivity index (χ3v) is 5.79. The van der Waals surface area contributed by atoms with Gasteiger partial charge < -0.3 is 10.4 Å². The molecule has 0 aromatic carbocycles. The predicted molar refractivity (Wildman–Crippen MR) is 83.2 cm³/mol. The first kappa shape index (κ1) is 15.8. The van der Waals surface area contributed by atoms with Gasteiger partial charge in [0.05, 0.1) is 5.37 Å². The highest BCUT2D eigenvalue weighted by Crippen LogP contribution is 2.45. The second-order valence-corrected chi connectivity index (χ2v) is 7.39. The van der Waals surface area contributed by atoms with Crippen LogP contribution in [0.5, 0.6) is 0 Å². The molecule has 7 heteroatoms. The molecule has 1 saturated heterocycles. The molecule has 2 rings (SSSR count). The number of urea groups is 1. The molecule has 2 amide bonds. The number of amides is 2. The molecule has 2 atom stereocenters. The molecule has 2 aliphatic rings. The molecule has 0 aromatic heterocycles. The summed E-state index contributed by atoms with van der Waals surface area (Å²) in [5, 5.41) is 12.2. The van der Waals surface area contributed by atoms with Gasteiger partial charge in [-0.1, -0.05) is 0 Å². The molecule has 0 spiro atoms. The molecule has 1 heterocycles. The van der Waals surface area contributed by atoms with E-state index in [-0.39, 0.29) is 11.4 Å². The lowest BCUT2D eigenvalue weighted by Gasteiger charge is -2.27. The van der Waals surface area contributed by atoms with Crippen molar-refractivity contribution in [2.75, 3.05) is 24.3 Å². The van der Waals surface area contributed by atoms with Crippen molar-refractivity contribution >= 4 is 35.5 Å². The highest BCUT2D eigenvalue weighted by atomic mass is 32.2. The molecule has 0 radical (unpaired) electrons. The summed E-state index contributed by atoms with van der Waals surface area (Å²) in [6.45, 7) is 0.629. The van der Waals surface area contributed by atoms with Crippen molar-refractivity contribution in [3.63, 3.8) is 0 Å². The van der Waals surface area contributed by atoms with Crippen LogP contribution in [0.15, 0.2) is 0 Å². The SMILES string of the molecule is CSCCCCNC(=O)N1C(C(=O)O)CSC1C1CC1. The number of nitrogens with one attached hydrogen (secondary N) is 1. The molecular weight excluding hydrogens is 296 g/mol. The third-order valence-electron chi connectivity index (χ3n) is 3.63. The Morgan fingerprint density at radius 3 is 2.75 bits per heavy atom. The van der Waals surface area contributed by atoms with E-state index in [2.05, 4.69) is 11.6 Å². The molecule has 1 aliphatic heterocycles. The topological polar surface area (TPSA) is 69.6 Å². The fourth-order valence-corrected chi connectivity index (χ4v) is 4.50. The summed E-state index contributed by atoms with van der Waals surface area (Å²) >= 11 is 3.41. The monoisotopic (exact) mass is 318 g/mol. The van der Waals surface area contributed by atoms with Gasteiger partial charge in [-0.05, 0) is 43.6 Å². The van der Waals surface area contributed by atoms with Crippen LogP contribution in [0.4, 0.5) is 4.79 Å². The number of nitrogens with zero attached hydrogens (tertiary/aromatic N) is 1. The van der Waals surface area contributed by atoms with E-state index < -0.39 is 12.0 Å². The lowest BCUT2D eigenvalue weighted by atomic mass is 10.2. The van der Waals surface area contributed by atoms with E-state index in [1.165, 1.54) is 0 Å².